The Morgan fingerprint density at radius 1 is 1.11 bits per heavy atom. The first kappa shape index (κ1) is 18.8. The molecule has 7 heteroatoms. The third-order valence-electron chi connectivity index (χ3n) is 4.01. The zero-order valence-electron chi connectivity index (χ0n) is 15.3. The smallest absolute Gasteiger partial charge is 0.230 e. The molecule has 3 aromatic rings. The summed E-state index contributed by atoms with van der Waals surface area (Å²) in [5.74, 6) is 1.70. The van der Waals surface area contributed by atoms with Gasteiger partial charge in [0.25, 0.3) is 0 Å². The molecule has 0 fully saturated rings. The molecule has 0 bridgehead atoms. The number of nitrogens with zero attached hydrogens (tertiary/aromatic N) is 2. The number of aryl methyl sites for hydroxylation is 1. The minimum absolute atomic E-state index is 0.144. The van der Waals surface area contributed by atoms with Crippen molar-refractivity contribution in [2.24, 2.45) is 0 Å². The quantitative estimate of drug-likeness (QED) is 0.695. The summed E-state index contributed by atoms with van der Waals surface area (Å²) >= 11 is 5.95. The number of ether oxygens (including phenoxy) is 2. The van der Waals surface area contributed by atoms with Crippen molar-refractivity contribution >= 4 is 23.3 Å². The maximum absolute atomic E-state index is 12.6. The third kappa shape index (κ3) is 4.41. The monoisotopic (exact) mass is 385 g/mol. The summed E-state index contributed by atoms with van der Waals surface area (Å²) in [5.41, 5.74) is 2.34. The Bertz CT molecular complexity index is 952. The van der Waals surface area contributed by atoms with Gasteiger partial charge in [-0.2, -0.15) is 5.10 Å². The molecule has 0 aliphatic heterocycles. The van der Waals surface area contributed by atoms with Crippen molar-refractivity contribution in [1.82, 2.24) is 9.78 Å². The topological polar surface area (TPSA) is 65.4 Å². The van der Waals surface area contributed by atoms with Crippen LogP contribution in [0.3, 0.4) is 0 Å². The molecule has 0 atom stereocenters. The van der Waals surface area contributed by atoms with Crippen LogP contribution in [-0.2, 0) is 11.2 Å². The summed E-state index contributed by atoms with van der Waals surface area (Å²) in [6.07, 6.45) is 0.144. The van der Waals surface area contributed by atoms with Crippen molar-refractivity contribution in [3.05, 3.63) is 64.8 Å². The third-order valence-corrected chi connectivity index (χ3v) is 4.26. The Labute approximate surface area is 162 Å². The van der Waals surface area contributed by atoms with Gasteiger partial charge in [-0.25, -0.2) is 4.68 Å². The number of hydrogen-bond acceptors (Lipinski definition) is 4. The molecule has 27 heavy (non-hydrogen) atoms. The summed E-state index contributed by atoms with van der Waals surface area (Å²) in [6.45, 7) is 1.87. The number of hydrogen-bond donors (Lipinski definition) is 1. The van der Waals surface area contributed by atoms with Gasteiger partial charge in [0.1, 0.15) is 17.3 Å². The largest absolute Gasteiger partial charge is 0.497 e. The molecule has 2 aromatic carbocycles. The van der Waals surface area contributed by atoms with Gasteiger partial charge in [0.05, 0.1) is 32.0 Å². The normalized spacial score (nSPS) is 10.5. The van der Waals surface area contributed by atoms with Crippen LogP contribution >= 0.6 is 11.6 Å². The fourth-order valence-corrected chi connectivity index (χ4v) is 2.87. The number of carbonyl (C=O) groups excluding carboxylic acids is 1. The van der Waals surface area contributed by atoms with Crippen molar-refractivity contribution in [2.75, 3.05) is 19.5 Å². The molecule has 0 aliphatic carbocycles. The summed E-state index contributed by atoms with van der Waals surface area (Å²) in [7, 11) is 3.15. The molecule has 1 amide bonds. The van der Waals surface area contributed by atoms with Gasteiger partial charge in [-0.15, -0.1) is 0 Å². The highest BCUT2D eigenvalue weighted by atomic mass is 35.5. The van der Waals surface area contributed by atoms with Gasteiger partial charge in [0.2, 0.25) is 5.91 Å². The molecular formula is C20H20ClN3O3. The molecule has 140 valence electrons. The second-order valence-corrected chi connectivity index (χ2v) is 6.40. The van der Waals surface area contributed by atoms with Gasteiger partial charge < -0.3 is 14.8 Å². The summed E-state index contributed by atoms with van der Waals surface area (Å²) in [5, 5.41) is 8.00. The van der Waals surface area contributed by atoms with E-state index in [1.807, 2.05) is 25.1 Å². The highest BCUT2D eigenvalue weighted by Gasteiger charge is 2.14. The standard InChI is InChI=1S/C20H20ClN3O3/c1-13-10-19(24(23-13)16-6-4-15(21)5-7-16)22-20(25)12-14-11-17(26-2)8-9-18(14)27-3/h4-11H,12H2,1-3H3,(H,22,25). The average molecular weight is 386 g/mol. The summed E-state index contributed by atoms with van der Waals surface area (Å²) < 4.78 is 12.2. The number of amides is 1. The minimum Gasteiger partial charge on any atom is -0.497 e. The summed E-state index contributed by atoms with van der Waals surface area (Å²) in [6, 6.07) is 14.4. The SMILES string of the molecule is COc1ccc(OC)c(CC(=O)Nc2cc(C)nn2-c2ccc(Cl)cc2)c1. The van der Waals surface area contributed by atoms with Crippen LogP contribution in [-0.4, -0.2) is 29.9 Å². The van der Waals surface area contributed by atoms with Crippen LogP contribution in [0.25, 0.3) is 5.69 Å². The molecular weight excluding hydrogens is 366 g/mol. The van der Waals surface area contributed by atoms with E-state index in [1.165, 1.54) is 0 Å². The Morgan fingerprint density at radius 2 is 1.85 bits per heavy atom. The van der Waals surface area contributed by atoms with E-state index in [1.54, 1.807) is 49.2 Å². The molecule has 6 nitrogen and oxygen atoms in total. The molecule has 1 aromatic heterocycles. The van der Waals surface area contributed by atoms with E-state index < -0.39 is 0 Å². The predicted octanol–water partition coefficient (Wildman–Crippen LogP) is 4.03. The molecule has 0 saturated carbocycles. The lowest BCUT2D eigenvalue weighted by atomic mass is 10.1. The Kier molecular flexibility index (Phi) is 5.66. The zero-order valence-corrected chi connectivity index (χ0v) is 16.1. The first-order valence-corrected chi connectivity index (χ1v) is 8.71. The Balaban J connectivity index is 1.82. The van der Waals surface area contributed by atoms with Crippen molar-refractivity contribution in [1.29, 1.82) is 0 Å². The van der Waals surface area contributed by atoms with Crippen LogP contribution < -0.4 is 14.8 Å². The van der Waals surface area contributed by atoms with Crippen LogP contribution in [0.2, 0.25) is 5.02 Å². The van der Waals surface area contributed by atoms with Gasteiger partial charge in [0, 0.05) is 16.7 Å². The minimum atomic E-state index is -0.184. The van der Waals surface area contributed by atoms with Gasteiger partial charge in [-0.3, -0.25) is 4.79 Å². The number of rotatable bonds is 6. The van der Waals surface area contributed by atoms with Crippen molar-refractivity contribution < 1.29 is 14.3 Å². The highest BCUT2D eigenvalue weighted by molar-refractivity contribution is 6.30. The number of nitrogens with one attached hydrogen (secondary N) is 1. The van der Waals surface area contributed by atoms with Crippen molar-refractivity contribution in [3.63, 3.8) is 0 Å². The van der Waals surface area contributed by atoms with E-state index in [-0.39, 0.29) is 12.3 Å². The molecule has 0 unspecified atom stereocenters. The number of benzene rings is 2. The maximum atomic E-state index is 12.6. The van der Waals surface area contributed by atoms with Gasteiger partial charge in [-0.05, 0) is 49.4 Å². The number of aromatic nitrogens is 2. The highest BCUT2D eigenvalue weighted by Crippen LogP contribution is 2.25. The number of halogens is 1. The first-order chi connectivity index (χ1) is 13.0. The molecule has 0 radical (unpaired) electrons. The lowest BCUT2D eigenvalue weighted by molar-refractivity contribution is -0.115. The van der Waals surface area contributed by atoms with Crippen LogP contribution in [0, 0.1) is 6.92 Å². The number of methoxy groups -OCH3 is 2. The second-order valence-electron chi connectivity index (χ2n) is 5.96. The van der Waals surface area contributed by atoms with Crippen LogP contribution in [0.1, 0.15) is 11.3 Å². The van der Waals surface area contributed by atoms with Crippen LogP contribution in [0.5, 0.6) is 11.5 Å². The van der Waals surface area contributed by atoms with Gasteiger partial charge in [-0.1, -0.05) is 11.6 Å². The van der Waals surface area contributed by atoms with Gasteiger partial charge >= 0.3 is 0 Å². The second kappa shape index (κ2) is 8.14. The van der Waals surface area contributed by atoms with E-state index in [0.29, 0.717) is 22.3 Å². The Hall–Kier alpha value is -2.99. The molecule has 0 aliphatic rings. The van der Waals surface area contributed by atoms with Crippen LogP contribution in [0.4, 0.5) is 5.82 Å². The van der Waals surface area contributed by atoms with E-state index in [4.69, 9.17) is 21.1 Å². The van der Waals surface area contributed by atoms with Crippen molar-refractivity contribution in [2.45, 2.75) is 13.3 Å². The average Bonchev–Trinajstić information content (AvgIpc) is 3.02. The molecule has 0 saturated heterocycles. The fraction of sp³-hybridized carbons (Fsp3) is 0.200. The Morgan fingerprint density at radius 3 is 2.52 bits per heavy atom. The number of anilines is 1. The van der Waals surface area contributed by atoms with Gasteiger partial charge in [0.15, 0.2) is 0 Å². The zero-order chi connectivity index (χ0) is 19.4. The van der Waals surface area contributed by atoms with Crippen molar-refractivity contribution in [3.8, 4) is 17.2 Å². The number of carbonyl (C=O) groups is 1. The summed E-state index contributed by atoms with van der Waals surface area (Å²) in [4.78, 5) is 12.6. The first-order valence-electron chi connectivity index (χ1n) is 8.33. The van der Waals surface area contributed by atoms with E-state index in [2.05, 4.69) is 10.4 Å². The predicted molar refractivity (Wildman–Crippen MR) is 105 cm³/mol. The molecule has 1 N–H and O–H groups in total. The van der Waals surface area contributed by atoms with E-state index in [9.17, 15) is 4.79 Å². The molecule has 3 rings (SSSR count). The van der Waals surface area contributed by atoms with E-state index in [0.717, 1.165) is 16.9 Å². The lowest BCUT2D eigenvalue weighted by Crippen LogP contribution is -2.17. The lowest BCUT2D eigenvalue weighted by Gasteiger charge is -2.12. The molecule has 1 heterocycles. The fourth-order valence-electron chi connectivity index (χ4n) is 2.75. The molecule has 0 spiro atoms. The maximum Gasteiger partial charge on any atom is 0.230 e. The van der Waals surface area contributed by atoms with E-state index >= 15 is 0 Å². The van der Waals surface area contributed by atoms with Crippen LogP contribution in [0.15, 0.2) is 48.5 Å².